The van der Waals surface area contributed by atoms with Crippen molar-refractivity contribution in [2.24, 2.45) is 5.92 Å². The van der Waals surface area contributed by atoms with E-state index in [1.807, 2.05) is 65.0 Å². The van der Waals surface area contributed by atoms with Crippen molar-refractivity contribution in [2.45, 2.75) is 104 Å². The average Bonchev–Trinajstić information content (AvgIpc) is 3.13. The van der Waals surface area contributed by atoms with Crippen molar-refractivity contribution in [3.63, 3.8) is 0 Å². The minimum Gasteiger partial charge on any atom is -0.488 e. The Morgan fingerprint density at radius 3 is 1.88 bits per heavy atom. The highest BCUT2D eigenvalue weighted by molar-refractivity contribution is 5.94. The second-order valence-electron chi connectivity index (χ2n) is 16.3. The van der Waals surface area contributed by atoms with Gasteiger partial charge in [0, 0.05) is 25.9 Å². The minimum atomic E-state index is -1.13. The molecule has 0 aliphatic rings. The molecule has 58 heavy (non-hydrogen) atoms. The zero-order valence-corrected chi connectivity index (χ0v) is 35.6. The van der Waals surface area contributed by atoms with Gasteiger partial charge in [-0.25, -0.2) is 9.59 Å². The number of hydrogen-bond acceptors (Lipinski definition) is 9. The number of amides is 5. The third-order valence-corrected chi connectivity index (χ3v) is 8.34. The van der Waals surface area contributed by atoms with E-state index in [2.05, 4.69) is 29.1 Å². The van der Waals surface area contributed by atoms with E-state index in [1.54, 1.807) is 45.0 Å². The average molecular weight is 806 g/mol. The van der Waals surface area contributed by atoms with Gasteiger partial charge >= 0.3 is 12.1 Å². The molecular formula is C44H63N5O9. The second-order valence-corrected chi connectivity index (χ2v) is 16.3. The summed E-state index contributed by atoms with van der Waals surface area (Å²) in [6.45, 7) is 21.1. The molecule has 2 aromatic rings. The van der Waals surface area contributed by atoms with Crippen molar-refractivity contribution in [3.05, 3.63) is 91.0 Å². The highest BCUT2D eigenvalue weighted by Gasteiger charge is 2.34. The molecule has 0 heterocycles. The first-order chi connectivity index (χ1) is 27.2. The van der Waals surface area contributed by atoms with Crippen LogP contribution in [0, 0.1) is 5.92 Å². The quantitative estimate of drug-likeness (QED) is 0.119. The summed E-state index contributed by atoms with van der Waals surface area (Å²) in [6, 6.07) is 13.0. The molecule has 0 aliphatic heterocycles. The van der Waals surface area contributed by atoms with Gasteiger partial charge in [-0.3, -0.25) is 19.2 Å². The van der Waals surface area contributed by atoms with Crippen molar-refractivity contribution < 1.29 is 43.0 Å². The van der Waals surface area contributed by atoms with Crippen LogP contribution in [0.15, 0.2) is 79.9 Å². The Bertz CT molecular complexity index is 1700. The standard InChI is InChI=1S/C44H63N5O9/c1-12-23-48(29-38(51)49(24-13-2)36(27-31-17-15-14-16-18-31)40(53)46-35(25-30(3)4)41(54)56-11)37(50)28-45-39(52)34(47-42(55)58-44(8,9)10)26-32-19-21-33(22-20-32)57-43(5,6)7/h12-22,30,34-36H,1-2,23-29H2,3-11H3,(H,45,52)(H,46,53)(H,47,55)/t34-,35-,36-/m0/s1. The van der Waals surface area contributed by atoms with Crippen LogP contribution in [0.5, 0.6) is 5.75 Å². The number of benzene rings is 2. The highest BCUT2D eigenvalue weighted by Crippen LogP contribution is 2.20. The molecule has 0 saturated heterocycles. The number of carbonyl (C=O) groups excluding carboxylic acids is 6. The lowest BCUT2D eigenvalue weighted by Gasteiger charge is -2.33. The fourth-order valence-electron chi connectivity index (χ4n) is 5.82. The molecule has 2 aromatic carbocycles. The fraction of sp³-hybridized carbons (Fsp3) is 0.500. The zero-order chi connectivity index (χ0) is 43.6. The third kappa shape index (κ3) is 17.6. The van der Waals surface area contributed by atoms with Gasteiger partial charge in [-0.1, -0.05) is 68.5 Å². The molecule has 0 aliphatic carbocycles. The molecule has 5 amide bonds. The summed E-state index contributed by atoms with van der Waals surface area (Å²) in [5.74, 6) is -2.37. The molecule has 14 heteroatoms. The monoisotopic (exact) mass is 805 g/mol. The topological polar surface area (TPSA) is 173 Å². The van der Waals surface area contributed by atoms with E-state index in [4.69, 9.17) is 14.2 Å². The van der Waals surface area contributed by atoms with E-state index in [-0.39, 0.29) is 31.8 Å². The van der Waals surface area contributed by atoms with Crippen molar-refractivity contribution in [1.82, 2.24) is 25.8 Å². The van der Waals surface area contributed by atoms with Gasteiger partial charge in [-0.2, -0.15) is 0 Å². The SMILES string of the molecule is C=CCN(CC(=O)N(CC=C)[C@@H](Cc1ccccc1)C(=O)N[C@@H](CC(C)C)C(=O)OC)C(=O)CNC(=O)[C@H](Cc1ccc(OC(C)(C)C)cc1)NC(=O)OC(C)(C)C. The maximum atomic E-state index is 14.1. The Hall–Kier alpha value is -5.66. The van der Waals surface area contributed by atoms with Gasteiger partial charge in [0.2, 0.25) is 23.6 Å². The lowest BCUT2D eigenvalue weighted by molar-refractivity contribution is -0.148. The fourth-order valence-corrected chi connectivity index (χ4v) is 5.82. The third-order valence-electron chi connectivity index (χ3n) is 8.34. The Balaban J connectivity index is 2.32. The van der Waals surface area contributed by atoms with Gasteiger partial charge in [0.25, 0.3) is 0 Å². The van der Waals surface area contributed by atoms with Gasteiger partial charge in [-0.15, -0.1) is 13.2 Å². The second kappa shape index (κ2) is 22.9. The van der Waals surface area contributed by atoms with Crippen LogP contribution in [0.3, 0.4) is 0 Å². The van der Waals surface area contributed by atoms with E-state index in [9.17, 15) is 28.8 Å². The van der Waals surface area contributed by atoms with E-state index >= 15 is 0 Å². The molecule has 318 valence electrons. The van der Waals surface area contributed by atoms with E-state index in [0.717, 1.165) is 5.56 Å². The van der Waals surface area contributed by atoms with Crippen LogP contribution < -0.4 is 20.7 Å². The Morgan fingerprint density at radius 1 is 0.741 bits per heavy atom. The number of alkyl carbamates (subject to hydrolysis) is 1. The number of rotatable bonds is 21. The molecule has 14 nitrogen and oxygen atoms in total. The van der Waals surface area contributed by atoms with Gasteiger partial charge in [-0.05, 0) is 77.1 Å². The van der Waals surface area contributed by atoms with E-state index in [1.165, 1.54) is 29.1 Å². The first-order valence-corrected chi connectivity index (χ1v) is 19.4. The smallest absolute Gasteiger partial charge is 0.408 e. The molecule has 3 N–H and O–H groups in total. The normalized spacial score (nSPS) is 12.9. The summed E-state index contributed by atoms with van der Waals surface area (Å²) in [5, 5.41) is 7.99. The molecule has 0 saturated carbocycles. The maximum Gasteiger partial charge on any atom is 0.408 e. The van der Waals surface area contributed by atoms with Crippen LogP contribution in [0.2, 0.25) is 0 Å². The van der Waals surface area contributed by atoms with Gasteiger partial charge in [0.1, 0.15) is 41.6 Å². The molecule has 0 fully saturated rings. The van der Waals surface area contributed by atoms with Crippen LogP contribution in [0.4, 0.5) is 4.79 Å². The molecule has 0 aromatic heterocycles. The molecule has 0 bridgehead atoms. The lowest BCUT2D eigenvalue weighted by atomic mass is 10.0. The molecule has 0 spiro atoms. The van der Waals surface area contributed by atoms with Gasteiger partial charge < -0.3 is 40.0 Å². The van der Waals surface area contributed by atoms with Crippen LogP contribution in [0.25, 0.3) is 0 Å². The predicted molar refractivity (Wildman–Crippen MR) is 223 cm³/mol. The summed E-state index contributed by atoms with van der Waals surface area (Å²) in [7, 11) is 1.24. The Labute approximate surface area is 343 Å². The molecule has 0 unspecified atom stereocenters. The highest BCUT2D eigenvalue weighted by atomic mass is 16.6. The number of hydrogen-bond donors (Lipinski definition) is 3. The summed E-state index contributed by atoms with van der Waals surface area (Å²) in [4.78, 5) is 83.3. The number of carbonyl (C=O) groups is 6. The molecule has 0 radical (unpaired) electrons. The van der Waals surface area contributed by atoms with Crippen LogP contribution in [0.1, 0.15) is 72.9 Å². The predicted octanol–water partition coefficient (Wildman–Crippen LogP) is 4.76. The zero-order valence-electron chi connectivity index (χ0n) is 35.6. The number of nitrogens with one attached hydrogen (secondary N) is 3. The first kappa shape index (κ1) is 48.5. The van der Waals surface area contributed by atoms with Crippen LogP contribution >= 0.6 is 0 Å². The number of ether oxygens (including phenoxy) is 3. The first-order valence-electron chi connectivity index (χ1n) is 19.4. The van der Waals surface area contributed by atoms with Crippen molar-refractivity contribution >= 4 is 35.7 Å². The van der Waals surface area contributed by atoms with Crippen molar-refractivity contribution in [3.8, 4) is 5.75 Å². The Morgan fingerprint density at radius 2 is 1.34 bits per heavy atom. The number of nitrogens with zero attached hydrogens (tertiary/aromatic N) is 2. The van der Waals surface area contributed by atoms with E-state index in [0.29, 0.717) is 17.7 Å². The lowest BCUT2D eigenvalue weighted by Crippen LogP contribution is -2.57. The molecule has 2 rings (SSSR count). The summed E-state index contributed by atoms with van der Waals surface area (Å²) >= 11 is 0. The number of methoxy groups -OCH3 is 1. The van der Waals surface area contributed by atoms with Crippen molar-refractivity contribution in [2.75, 3.05) is 33.3 Å². The summed E-state index contributed by atoms with van der Waals surface area (Å²) < 4.78 is 16.2. The van der Waals surface area contributed by atoms with E-state index < -0.39 is 78.1 Å². The largest absolute Gasteiger partial charge is 0.488 e. The van der Waals surface area contributed by atoms with Crippen LogP contribution in [-0.4, -0.2) is 108 Å². The van der Waals surface area contributed by atoms with Gasteiger partial charge in [0.05, 0.1) is 13.7 Å². The summed E-state index contributed by atoms with van der Waals surface area (Å²) in [5.41, 5.74) is 0.223. The molecular weight excluding hydrogens is 743 g/mol. The minimum absolute atomic E-state index is 0.0465. The number of esters is 1. The summed E-state index contributed by atoms with van der Waals surface area (Å²) in [6.07, 6.45) is 2.57. The van der Waals surface area contributed by atoms with Crippen molar-refractivity contribution in [1.29, 1.82) is 0 Å². The Kier molecular flexibility index (Phi) is 19.2. The van der Waals surface area contributed by atoms with Crippen LogP contribution in [-0.2, 0) is 46.3 Å². The molecule has 3 atom stereocenters. The van der Waals surface area contributed by atoms with Gasteiger partial charge in [0.15, 0.2) is 0 Å². The maximum absolute atomic E-state index is 14.1.